The van der Waals surface area contributed by atoms with Gasteiger partial charge in [-0.2, -0.15) is 0 Å². The van der Waals surface area contributed by atoms with E-state index in [1.165, 1.54) is 5.56 Å². The Kier molecular flexibility index (Phi) is 6.82. The second-order valence-corrected chi connectivity index (χ2v) is 5.67. The molecule has 0 saturated heterocycles. The third-order valence-electron chi connectivity index (χ3n) is 2.75. The van der Waals surface area contributed by atoms with Gasteiger partial charge in [0, 0.05) is 18.4 Å². The maximum absolute atomic E-state index is 12.4. The molecule has 2 nitrogen and oxygen atoms in total. The fourth-order valence-electron chi connectivity index (χ4n) is 1.71. The highest BCUT2D eigenvalue weighted by molar-refractivity contribution is 9.09. The van der Waals surface area contributed by atoms with E-state index in [4.69, 9.17) is 0 Å². The van der Waals surface area contributed by atoms with Gasteiger partial charge in [-0.25, -0.2) is 0 Å². The van der Waals surface area contributed by atoms with E-state index in [0.29, 0.717) is 0 Å². The second-order valence-electron chi connectivity index (χ2n) is 3.96. The third kappa shape index (κ3) is 4.11. The lowest BCUT2D eigenvalue weighted by atomic mass is 10.2. The number of rotatable bonds is 7. The zero-order valence-corrected chi connectivity index (χ0v) is 12.9. The molecule has 1 aromatic heterocycles. The minimum absolute atomic E-state index is 0.199. The van der Waals surface area contributed by atoms with E-state index in [2.05, 4.69) is 35.8 Å². The van der Waals surface area contributed by atoms with Crippen molar-refractivity contribution >= 4 is 33.2 Å². The number of hydrogen-bond acceptors (Lipinski definition) is 2. The molecule has 0 fully saturated rings. The molecule has 1 heterocycles. The minimum Gasteiger partial charge on any atom is -0.337 e. The van der Waals surface area contributed by atoms with E-state index in [0.717, 1.165) is 42.6 Å². The van der Waals surface area contributed by atoms with E-state index in [1.807, 2.05) is 10.3 Å². The molecule has 0 aliphatic carbocycles. The topological polar surface area (TPSA) is 20.3 Å². The van der Waals surface area contributed by atoms with E-state index in [9.17, 15) is 4.79 Å². The Morgan fingerprint density at radius 2 is 2.18 bits per heavy atom. The van der Waals surface area contributed by atoms with Crippen molar-refractivity contribution < 1.29 is 4.79 Å². The molecule has 0 unspecified atom stereocenters. The summed E-state index contributed by atoms with van der Waals surface area (Å²) in [7, 11) is 0. The molecule has 0 bridgehead atoms. The molecule has 1 rings (SSSR count). The van der Waals surface area contributed by atoms with Crippen LogP contribution < -0.4 is 0 Å². The van der Waals surface area contributed by atoms with Crippen LogP contribution in [0.1, 0.15) is 41.9 Å². The number of alkyl halides is 1. The fourth-order valence-corrected chi connectivity index (χ4v) is 3.10. The molecular formula is C13H20BrNOS. The number of thiophene rings is 1. The molecule has 4 heteroatoms. The van der Waals surface area contributed by atoms with Crippen LogP contribution in [0.3, 0.4) is 0 Å². The Bertz CT molecular complexity index is 351. The van der Waals surface area contributed by atoms with Gasteiger partial charge in [0.25, 0.3) is 5.91 Å². The summed E-state index contributed by atoms with van der Waals surface area (Å²) in [6.07, 6.45) is 3.13. The highest BCUT2D eigenvalue weighted by Gasteiger charge is 2.18. The normalized spacial score (nSPS) is 10.5. The summed E-state index contributed by atoms with van der Waals surface area (Å²) in [4.78, 5) is 15.3. The zero-order valence-electron chi connectivity index (χ0n) is 10.5. The van der Waals surface area contributed by atoms with Gasteiger partial charge in [0.15, 0.2) is 0 Å². The van der Waals surface area contributed by atoms with Crippen LogP contribution in [-0.4, -0.2) is 29.2 Å². The van der Waals surface area contributed by atoms with Crippen molar-refractivity contribution in [3.63, 3.8) is 0 Å². The van der Waals surface area contributed by atoms with Crippen LogP contribution in [0.5, 0.6) is 0 Å². The van der Waals surface area contributed by atoms with Crippen molar-refractivity contribution in [2.24, 2.45) is 0 Å². The van der Waals surface area contributed by atoms with Gasteiger partial charge in [0.2, 0.25) is 0 Å². The maximum Gasteiger partial charge on any atom is 0.264 e. The number of halogens is 1. The van der Waals surface area contributed by atoms with Crippen LogP contribution in [0.4, 0.5) is 0 Å². The Hall–Kier alpha value is -0.350. The Balaban J connectivity index is 2.76. The summed E-state index contributed by atoms with van der Waals surface area (Å²) in [5.41, 5.74) is 1.18. The first-order valence-corrected chi connectivity index (χ1v) is 8.16. The first kappa shape index (κ1) is 14.7. The predicted octanol–water partition coefficient (Wildman–Crippen LogP) is 3.95. The first-order chi connectivity index (χ1) is 8.24. The smallest absolute Gasteiger partial charge is 0.264 e. The average molecular weight is 318 g/mol. The largest absolute Gasteiger partial charge is 0.337 e. The summed E-state index contributed by atoms with van der Waals surface area (Å²) >= 11 is 4.98. The average Bonchev–Trinajstić information content (AvgIpc) is 2.81. The number of amides is 1. The molecule has 96 valence electrons. The Labute approximate surface area is 116 Å². The molecule has 0 aliphatic rings. The number of carbonyl (C=O) groups excluding carboxylic acids is 1. The van der Waals surface area contributed by atoms with E-state index < -0.39 is 0 Å². The second kappa shape index (κ2) is 7.88. The molecule has 0 N–H and O–H groups in total. The van der Waals surface area contributed by atoms with Gasteiger partial charge < -0.3 is 4.90 Å². The molecule has 1 aromatic rings. The number of nitrogens with zero attached hydrogens (tertiary/aromatic N) is 1. The zero-order chi connectivity index (χ0) is 12.7. The van der Waals surface area contributed by atoms with Crippen LogP contribution in [0.2, 0.25) is 0 Å². The van der Waals surface area contributed by atoms with Gasteiger partial charge >= 0.3 is 0 Å². The maximum atomic E-state index is 12.4. The Morgan fingerprint density at radius 3 is 2.76 bits per heavy atom. The van der Waals surface area contributed by atoms with Gasteiger partial charge in [0.05, 0.1) is 4.88 Å². The molecule has 0 aromatic carbocycles. The van der Waals surface area contributed by atoms with Crippen LogP contribution in [0.25, 0.3) is 0 Å². The fraction of sp³-hybridized carbons (Fsp3) is 0.615. The first-order valence-electron chi connectivity index (χ1n) is 6.16. The van der Waals surface area contributed by atoms with Crippen LogP contribution in [0, 0.1) is 0 Å². The van der Waals surface area contributed by atoms with Crippen molar-refractivity contribution in [3.05, 3.63) is 21.9 Å². The number of carbonyl (C=O) groups is 1. The summed E-state index contributed by atoms with van der Waals surface area (Å²) < 4.78 is 0. The molecular weight excluding hydrogens is 298 g/mol. The monoisotopic (exact) mass is 317 g/mol. The lowest BCUT2D eigenvalue weighted by Gasteiger charge is -2.21. The van der Waals surface area contributed by atoms with Crippen LogP contribution >= 0.6 is 27.3 Å². The van der Waals surface area contributed by atoms with Crippen LogP contribution in [-0.2, 0) is 6.42 Å². The summed E-state index contributed by atoms with van der Waals surface area (Å²) in [5.74, 6) is 0.199. The SMILES string of the molecule is CCCCN(CCBr)C(=O)c1sccc1CC. The van der Waals surface area contributed by atoms with Gasteiger partial charge in [-0.15, -0.1) is 11.3 Å². The summed E-state index contributed by atoms with van der Waals surface area (Å²) in [5, 5.41) is 2.85. The number of aryl methyl sites for hydroxylation is 1. The minimum atomic E-state index is 0.199. The molecule has 0 atom stereocenters. The third-order valence-corrected chi connectivity index (χ3v) is 4.04. The highest BCUT2D eigenvalue weighted by Crippen LogP contribution is 2.20. The van der Waals surface area contributed by atoms with Crippen molar-refractivity contribution in [2.45, 2.75) is 33.1 Å². The van der Waals surface area contributed by atoms with E-state index in [-0.39, 0.29) is 5.91 Å². The predicted molar refractivity (Wildman–Crippen MR) is 78.3 cm³/mol. The van der Waals surface area contributed by atoms with E-state index in [1.54, 1.807) is 11.3 Å². The standard InChI is InChI=1S/C13H20BrNOS/c1-3-5-8-15(9-7-14)13(16)12-11(4-2)6-10-17-12/h6,10H,3-5,7-9H2,1-2H3. The van der Waals surface area contributed by atoms with Gasteiger partial charge in [-0.1, -0.05) is 36.2 Å². The molecule has 1 amide bonds. The molecule has 0 saturated carbocycles. The Morgan fingerprint density at radius 1 is 1.41 bits per heavy atom. The summed E-state index contributed by atoms with van der Waals surface area (Å²) in [6.45, 7) is 5.90. The van der Waals surface area contributed by atoms with Gasteiger partial charge in [-0.05, 0) is 29.9 Å². The molecule has 0 radical (unpaired) electrons. The van der Waals surface area contributed by atoms with Gasteiger partial charge in [-0.3, -0.25) is 4.79 Å². The molecule has 17 heavy (non-hydrogen) atoms. The van der Waals surface area contributed by atoms with Crippen LogP contribution in [0.15, 0.2) is 11.4 Å². The van der Waals surface area contributed by atoms with Crippen molar-refractivity contribution in [1.29, 1.82) is 0 Å². The number of unbranched alkanes of at least 4 members (excludes halogenated alkanes) is 1. The van der Waals surface area contributed by atoms with Crippen molar-refractivity contribution in [2.75, 3.05) is 18.4 Å². The lowest BCUT2D eigenvalue weighted by Crippen LogP contribution is -2.33. The highest BCUT2D eigenvalue weighted by atomic mass is 79.9. The summed E-state index contributed by atoms with van der Waals surface area (Å²) in [6, 6.07) is 2.06. The quantitative estimate of drug-likeness (QED) is 0.697. The van der Waals surface area contributed by atoms with Crippen molar-refractivity contribution in [3.8, 4) is 0 Å². The van der Waals surface area contributed by atoms with Gasteiger partial charge in [0.1, 0.15) is 0 Å². The molecule has 0 spiro atoms. The number of hydrogen-bond donors (Lipinski definition) is 0. The molecule has 0 aliphatic heterocycles. The van der Waals surface area contributed by atoms with E-state index >= 15 is 0 Å². The lowest BCUT2D eigenvalue weighted by molar-refractivity contribution is 0.0768. The van der Waals surface area contributed by atoms with Crippen molar-refractivity contribution in [1.82, 2.24) is 4.90 Å².